The number of hydrazone groups is 1. The SMILES string of the molecule is C=NN1C(N)=NC=N/C1=C(/C)[C@H]1C[C@](O)(CCOP(=O)(S)O[C@@H]2[C@H](F)[C@@H](CCO)O[C@H]2n2cnc3c(=O)[nH]c(N)nc32)CO1. The number of aliphatic imine (C=N–C) groups is 2. The zero-order valence-corrected chi connectivity index (χ0v) is 25.2. The Morgan fingerprint density at radius 3 is 2.95 bits per heavy atom. The Labute approximate surface area is 254 Å². The van der Waals surface area contributed by atoms with E-state index in [0.29, 0.717) is 11.4 Å². The van der Waals surface area contributed by atoms with Crippen molar-refractivity contribution >= 4 is 55.2 Å². The van der Waals surface area contributed by atoms with Gasteiger partial charge < -0.3 is 35.7 Å². The van der Waals surface area contributed by atoms with E-state index in [2.05, 4.69) is 49.0 Å². The second kappa shape index (κ2) is 12.6. The summed E-state index contributed by atoms with van der Waals surface area (Å²) >= 11 is 4.02. The van der Waals surface area contributed by atoms with Crippen molar-refractivity contribution in [3.8, 4) is 0 Å². The molecule has 0 spiro atoms. The minimum absolute atomic E-state index is 0.0271. The molecule has 21 heteroatoms. The van der Waals surface area contributed by atoms with Crippen LogP contribution in [0.1, 0.15) is 32.4 Å². The summed E-state index contributed by atoms with van der Waals surface area (Å²) in [4.78, 5) is 30.6. The number of H-pyrrole nitrogens is 1. The number of guanidine groups is 1. The zero-order valence-electron chi connectivity index (χ0n) is 23.4. The molecule has 18 nitrogen and oxygen atoms in total. The first kappa shape index (κ1) is 32.2. The fourth-order valence-corrected chi connectivity index (χ4v) is 6.62. The summed E-state index contributed by atoms with van der Waals surface area (Å²) in [5.41, 5.74) is 9.99. The number of alkyl halides is 1. The molecule has 3 aliphatic heterocycles. The van der Waals surface area contributed by atoms with E-state index < -0.39 is 55.3 Å². The maximum absolute atomic E-state index is 15.5. The summed E-state index contributed by atoms with van der Waals surface area (Å²) in [6, 6.07) is 0. The van der Waals surface area contributed by atoms with Gasteiger partial charge in [-0.15, -0.1) is 0 Å². The molecule has 3 aliphatic rings. The molecule has 0 aliphatic carbocycles. The Balaban J connectivity index is 1.25. The number of nitrogen functional groups attached to an aromatic ring is 1. The number of thiol groups is 1. The Bertz CT molecular complexity index is 1620. The maximum atomic E-state index is 15.5. The van der Waals surface area contributed by atoms with E-state index in [0.717, 1.165) is 0 Å². The van der Waals surface area contributed by atoms with Crippen LogP contribution >= 0.6 is 19.0 Å². The lowest BCUT2D eigenvalue weighted by molar-refractivity contribution is -0.0373. The van der Waals surface area contributed by atoms with Crippen LogP contribution in [0.25, 0.3) is 11.2 Å². The predicted octanol–water partition coefficient (Wildman–Crippen LogP) is 0.175. The lowest BCUT2D eigenvalue weighted by Crippen LogP contribution is -2.35. The van der Waals surface area contributed by atoms with Crippen molar-refractivity contribution in [2.45, 2.75) is 62.5 Å². The van der Waals surface area contributed by atoms with Crippen molar-refractivity contribution in [1.29, 1.82) is 0 Å². The van der Waals surface area contributed by atoms with Crippen molar-refractivity contribution in [2.24, 2.45) is 20.8 Å². The number of aromatic nitrogens is 4. The van der Waals surface area contributed by atoms with E-state index in [1.165, 1.54) is 22.2 Å². The van der Waals surface area contributed by atoms with E-state index in [4.69, 9.17) is 30.0 Å². The van der Waals surface area contributed by atoms with E-state index in [1.807, 2.05) is 0 Å². The molecule has 0 amide bonds. The van der Waals surface area contributed by atoms with Gasteiger partial charge in [0.15, 0.2) is 29.4 Å². The van der Waals surface area contributed by atoms with Gasteiger partial charge in [0.1, 0.15) is 12.4 Å². The van der Waals surface area contributed by atoms with Crippen LogP contribution in [0.15, 0.2) is 37.6 Å². The van der Waals surface area contributed by atoms with E-state index >= 15 is 4.39 Å². The first-order chi connectivity index (χ1) is 20.9. The third kappa shape index (κ3) is 6.43. The number of fused-ring (bicyclic) bond motifs is 1. The number of aliphatic hydroxyl groups is 2. The van der Waals surface area contributed by atoms with Gasteiger partial charge in [0.05, 0.1) is 37.4 Å². The van der Waals surface area contributed by atoms with Crippen molar-refractivity contribution in [3.63, 3.8) is 0 Å². The number of aliphatic hydroxyl groups excluding tert-OH is 1. The molecular weight excluding hydrogens is 626 g/mol. The normalized spacial score (nSPS) is 31.3. The molecule has 44 heavy (non-hydrogen) atoms. The van der Waals surface area contributed by atoms with Crippen molar-refractivity contribution in [3.05, 3.63) is 28.1 Å². The van der Waals surface area contributed by atoms with Gasteiger partial charge >= 0.3 is 6.80 Å². The lowest BCUT2D eigenvalue weighted by atomic mass is 9.94. The highest BCUT2D eigenvalue weighted by Gasteiger charge is 2.50. The standard InChI is InChI=1S/C23H32FN10O8PS/c1-11(17-28-9-29-22(26)34(17)27-2)13-7-23(37,8-39-13)4-6-40-43(38,44)42-16-14(24)12(3-5-35)41-20(16)33-10-30-15-18(33)31-21(25)32-19(15)36/h9-10,12-14,16,20,35,37H,2-8H2,1H3,(H,38,44)(H2,26,28,29)(H3,25,31,32,36)/b17-11+/t12-,13-,14-,16-,20-,23-,43?/m1/s1. The fraction of sp³-hybridized carbons (Fsp3) is 0.565. The predicted molar refractivity (Wildman–Crippen MR) is 159 cm³/mol. The smallest absolute Gasteiger partial charge is 0.386 e. The van der Waals surface area contributed by atoms with Crippen molar-refractivity contribution < 1.29 is 37.7 Å². The Morgan fingerprint density at radius 2 is 2.23 bits per heavy atom. The molecule has 0 radical (unpaired) electrons. The molecule has 2 saturated heterocycles. The number of hydrogen-bond donors (Lipinski definition) is 6. The number of nitrogens with one attached hydrogen (secondary N) is 1. The quantitative estimate of drug-likeness (QED) is 0.107. The number of rotatable bonds is 11. The summed E-state index contributed by atoms with van der Waals surface area (Å²) in [5.74, 6) is 0.208. The Kier molecular flexibility index (Phi) is 9.24. The molecule has 5 heterocycles. The highest BCUT2D eigenvalue weighted by atomic mass is 32.7. The lowest BCUT2D eigenvalue weighted by Gasteiger charge is -2.26. The molecule has 0 bridgehead atoms. The van der Waals surface area contributed by atoms with Gasteiger partial charge in [-0.1, -0.05) is 12.2 Å². The molecule has 0 aromatic carbocycles. The molecule has 5 rings (SSSR count). The highest BCUT2D eigenvalue weighted by molar-refractivity contribution is 8.44. The van der Waals surface area contributed by atoms with Gasteiger partial charge in [0.2, 0.25) is 11.9 Å². The molecule has 2 fully saturated rings. The summed E-state index contributed by atoms with van der Waals surface area (Å²) in [6.07, 6.45) is -4.05. The molecule has 240 valence electrons. The minimum atomic E-state index is -4.27. The van der Waals surface area contributed by atoms with Crippen molar-refractivity contribution in [2.75, 3.05) is 25.6 Å². The van der Waals surface area contributed by atoms with E-state index in [9.17, 15) is 19.6 Å². The summed E-state index contributed by atoms with van der Waals surface area (Å²) in [6.45, 7) is 0.167. The summed E-state index contributed by atoms with van der Waals surface area (Å²) in [5, 5.41) is 25.6. The molecule has 1 unspecified atom stereocenters. The van der Waals surface area contributed by atoms with Crippen LogP contribution in [-0.4, -0.2) is 104 Å². The monoisotopic (exact) mass is 658 g/mol. The topological polar surface area (TPSA) is 250 Å². The van der Waals surface area contributed by atoms with Crippen LogP contribution < -0.4 is 17.0 Å². The van der Waals surface area contributed by atoms with Crippen LogP contribution in [0.5, 0.6) is 0 Å². The third-order valence-corrected chi connectivity index (χ3v) is 9.01. The average Bonchev–Trinajstić information content (AvgIpc) is 3.64. The fourth-order valence-electron chi connectivity index (χ4n) is 5.14. The van der Waals surface area contributed by atoms with Crippen LogP contribution in [0.3, 0.4) is 0 Å². The summed E-state index contributed by atoms with van der Waals surface area (Å²) in [7, 11) is 0. The zero-order chi connectivity index (χ0) is 31.8. The summed E-state index contributed by atoms with van der Waals surface area (Å²) < 4.78 is 52.6. The van der Waals surface area contributed by atoms with Crippen molar-refractivity contribution in [1.82, 2.24) is 24.5 Å². The molecule has 2 aromatic rings. The van der Waals surface area contributed by atoms with Gasteiger partial charge in [-0.3, -0.25) is 18.9 Å². The van der Waals surface area contributed by atoms with Gasteiger partial charge in [0, 0.05) is 31.7 Å². The largest absolute Gasteiger partial charge is 0.396 e. The van der Waals surface area contributed by atoms with E-state index in [1.54, 1.807) is 6.92 Å². The second-order valence-corrected chi connectivity index (χ2v) is 13.2. The number of nitrogens with zero attached hydrogens (tertiary/aromatic N) is 7. The van der Waals surface area contributed by atoms with E-state index in [-0.39, 0.29) is 55.5 Å². The Morgan fingerprint density at radius 1 is 1.45 bits per heavy atom. The first-order valence-electron chi connectivity index (χ1n) is 13.3. The van der Waals surface area contributed by atoms with Gasteiger partial charge in [-0.25, -0.2) is 23.9 Å². The van der Waals surface area contributed by atoms with Gasteiger partial charge in [0.25, 0.3) is 5.56 Å². The number of anilines is 1. The number of aromatic amines is 1. The molecule has 0 saturated carbocycles. The Hall–Kier alpha value is -3.23. The number of halogens is 1. The van der Waals surface area contributed by atoms with Crippen LogP contribution in [-0.2, 0) is 23.1 Å². The molecular formula is C23H32FN10O8PS. The van der Waals surface area contributed by atoms with Crippen LogP contribution in [0, 0.1) is 0 Å². The number of nitrogens with two attached hydrogens (primary N) is 2. The maximum Gasteiger partial charge on any atom is 0.386 e. The second-order valence-electron chi connectivity index (χ2n) is 10.3. The molecule has 7 N–H and O–H groups in total. The first-order valence-corrected chi connectivity index (χ1v) is 16.0. The van der Waals surface area contributed by atoms with Gasteiger partial charge in [-0.05, 0) is 13.3 Å². The van der Waals surface area contributed by atoms with Crippen LogP contribution in [0.4, 0.5) is 10.3 Å². The van der Waals surface area contributed by atoms with Gasteiger partial charge in [-0.2, -0.15) is 15.1 Å². The number of ether oxygens (including phenoxy) is 2. The number of hydrogen-bond acceptors (Lipinski definition) is 16. The third-order valence-electron chi connectivity index (χ3n) is 7.36. The average molecular weight is 659 g/mol. The van der Waals surface area contributed by atoms with Crippen LogP contribution in [0.2, 0.25) is 0 Å². The number of imidazole rings is 1. The minimum Gasteiger partial charge on any atom is -0.396 e. The highest BCUT2D eigenvalue weighted by Crippen LogP contribution is 2.57. The molecule has 2 aromatic heterocycles. The molecule has 7 atom stereocenters.